The van der Waals surface area contributed by atoms with Crippen LogP contribution in [0.5, 0.6) is 0 Å². The van der Waals surface area contributed by atoms with E-state index >= 15 is 0 Å². The Balaban J connectivity index is 1.57. The van der Waals surface area contributed by atoms with Gasteiger partial charge >= 0.3 is 0 Å². The Bertz CT molecular complexity index is 1800. The Morgan fingerprint density at radius 2 is 0.946 bits per heavy atom. The second-order valence-corrected chi connectivity index (χ2v) is 10.4. The largest absolute Gasteiger partial charge is 0.207 e. The molecule has 0 heterocycles. The normalized spacial score (nSPS) is 13.6. The van der Waals surface area contributed by atoms with Crippen LogP contribution in [0.4, 0.5) is 8.78 Å². The summed E-state index contributed by atoms with van der Waals surface area (Å²) in [7, 11) is 0. The molecule has 6 aromatic rings. The minimum atomic E-state index is -0.576. The zero-order chi connectivity index (χ0) is 25.3. The molecule has 37 heavy (non-hydrogen) atoms. The zero-order valence-corrected chi connectivity index (χ0v) is 20.6. The second-order valence-electron chi connectivity index (χ2n) is 10.4. The van der Waals surface area contributed by atoms with Crippen LogP contribution < -0.4 is 0 Å². The third-order valence-electron chi connectivity index (χ3n) is 7.95. The first-order valence-corrected chi connectivity index (χ1v) is 12.6. The zero-order valence-electron chi connectivity index (χ0n) is 20.6. The van der Waals surface area contributed by atoms with Gasteiger partial charge in [0.05, 0.1) is 0 Å². The van der Waals surface area contributed by atoms with Crippen LogP contribution in [0.3, 0.4) is 0 Å². The molecule has 2 heteroatoms. The highest BCUT2D eigenvalue weighted by Crippen LogP contribution is 2.51. The molecule has 0 amide bonds. The van der Waals surface area contributed by atoms with Gasteiger partial charge in [-0.2, -0.15) is 0 Å². The van der Waals surface area contributed by atoms with E-state index in [0.717, 1.165) is 44.3 Å². The summed E-state index contributed by atoms with van der Waals surface area (Å²) in [5, 5.41) is 4.08. The lowest BCUT2D eigenvalue weighted by Crippen LogP contribution is -2.14. The first-order valence-electron chi connectivity index (χ1n) is 12.6. The minimum absolute atomic E-state index is 0.105. The number of fused-ring (bicyclic) bond motifs is 5. The molecule has 7 rings (SSSR count). The predicted octanol–water partition coefficient (Wildman–Crippen LogP) is 9.91. The molecule has 1 aliphatic rings. The molecule has 178 valence electrons. The smallest absolute Gasteiger partial charge is 0.126 e. The summed E-state index contributed by atoms with van der Waals surface area (Å²) >= 11 is 0. The lowest BCUT2D eigenvalue weighted by atomic mass is 9.80. The number of hydrogen-bond acceptors (Lipinski definition) is 0. The van der Waals surface area contributed by atoms with E-state index < -0.39 is 11.6 Å². The summed E-state index contributed by atoms with van der Waals surface area (Å²) in [5.41, 5.74) is 8.81. The quantitative estimate of drug-likeness (QED) is 0.215. The van der Waals surface area contributed by atoms with Crippen molar-refractivity contribution in [2.24, 2.45) is 0 Å². The van der Waals surface area contributed by atoms with Crippen molar-refractivity contribution in [1.82, 2.24) is 0 Å². The van der Waals surface area contributed by atoms with Gasteiger partial charge in [-0.05, 0) is 84.3 Å². The standard InChI is InChI=1S/C35H24F2/c1-35(2)31-14-8-7-9-25(31)26-16-15-21(19-32(26)35)33-27-10-3-5-12-29(27)34(30-13-6-4-11-28(30)33)22-17-23(36)20-24(37)18-22/h3-20H,1-2H3. The maximum Gasteiger partial charge on any atom is 0.126 e. The summed E-state index contributed by atoms with van der Waals surface area (Å²) < 4.78 is 28.7. The molecule has 0 radical (unpaired) electrons. The molecule has 0 atom stereocenters. The van der Waals surface area contributed by atoms with Crippen LogP contribution in [0.1, 0.15) is 25.0 Å². The third-order valence-corrected chi connectivity index (χ3v) is 7.95. The number of halogens is 2. The van der Waals surface area contributed by atoms with Gasteiger partial charge in [-0.15, -0.1) is 0 Å². The highest BCUT2D eigenvalue weighted by Gasteiger charge is 2.35. The fraction of sp³-hybridized carbons (Fsp3) is 0.0857. The Kier molecular flexibility index (Phi) is 4.65. The summed E-state index contributed by atoms with van der Waals surface area (Å²) in [6, 6.07) is 35.6. The van der Waals surface area contributed by atoms with Gasteiger partial charge in [-0.1, -0.05) is 98.8 Å². The van der Waals surface area contributed by atoms with Gasteiger partial charge in [0.15, 0.2) is 0 Å². The average Bonchev–Trinajstić information content (AvgIpc) is 3.13. The Morgan fingerprint density at radius 1 is 0.459 bits per heavy atom. The fourth-order valence-electron chi connectivity index (χ4n) is 6.31. The molecule has 0 spiro atoms. The second kappa shape index (κ2) is 7.85. The van der Waals surface area contributed by atoms with Crippen LogP contribution in [0.2, 0.25) is 0 Å². The molecule has 0 saturated carbocycles. The first-order chi connectivity index (χ1) is 17.9. The van der Waals surface area contributed by atoms with Gasteiger partial charge in [0, 0.05) is 11.5 Å². The molecule has 0 nitrogen and oxygen atoms in total. The maximum atomic E-state index is 14.3. The van der Waals surface area contributed by atoms with E-state index in [0.29, 0.717) is 5.56 Å². The average molecular weight is 483 g/mol. The first kappa shape index (κ1) is 21.9. The van der Waals surface area contributed by atoms with Crippen LogP contribution in [-0.2, 0) is 5.41 Å². The van der Waals surface area contributed by atoms with Crippen molar-refractivity contribution in [3.63, 3.8) is 0 Å². The predicted molar refractivity (Wildman–Crippen MR) is 150 cm³/mol. The fourth-order valence-corrected chi connectivity index (χ4v) is 6.31. The molecule has 6 aromatic carbocycles. The van der Waals surface area contributed by atoms with Crippen molar-refractivity contribution in [2.45, 2.75) is 19.3 Å². The molecule has 0 aromatic heterocycles. The lowest BCUT2D eigenvalue weighted by Gasteiger charge is -2.23. The number of rotatable bonds is 2. The van der Waals surface area contributed by atoms with Crippen molar-refractivity contribution in [3.8, 4) is 33.4 Å². The highest BCUT2D eigenvalue weighted by molar-refractivity contribution is 6.21. The van der Waals surface area contributed by atoms with Crippen molar-refractivity contribution in [1.29, 1.82) is 0 Å². The van der Waals surface area contributed by atoms with E-state index in [2.05, 4.69) is 80.6 Å². The van der Waals surface area contributed by atoms with Crippen LogP contribution in [0, 0.1) is 11.6 Å². The van der Waals surface area contributed by atoms with Crippen molar-refractivity contribution >= 4 is 21.5 Å². The van der Waals surface area contributed by atoms with E-state index in [-0.39, 0.29) is 5.41 Å². The molecule has 0 saturated heterocycles. The van der Waals surface area contributed by atoms with Crippen molar-refractivity contribution < 1.29 is 8.78 Å². The topological polar surface area (TPSA) is 0 Å². The van der Waals surface area contributed by atoms with E-state index in [1.165, 1.54) is 34.4 Å². The lowest BCUT2D eigenvalue weighted by molar-refractivity contribution is 0.584. The summed E-state index contributed by atoms with van der Waals surface area (Å²) in [4.78, 5) is 0. The molecule has 0 aliphatic heterocycles. The maximum absolute atomic E-state index is 14.3. The van der Waals surface area contributed by atoms with Gasteiger partial charge in [0.25, 0.3) is 0 Å². The van der Waals surface area contributed by atoms with E-state index in [1.54, 1.807) is 0 Å². The molecular formula is C35H24F2. The number of hydrogen-bond donors (Lipinski definition) is 0. The molecular weight excluding hydrogens is 458 g/mol. The third kappa shape index (κ3) is 3.18. The van der Waals surface area contributed by atoms with Gasteiger partial charge in [0.1, 0.15) is 11.6 Å². The monoisotopic (exact) mass is 482 g/mol. The van der Waals surface area contributed by atoms with Gasteiger partial charge < -0.3 is 0 Å². The molecule has 0 unspecified atom stereocenters. The summed E-state index contributed by atoms with van der Waals surface area (Å²) in [5.74, 6) is -1.15. The Hall–Kier alpha value is -4.30. The minimum Gasteiger partial charge on any atom is -0.207 e. The van der Waals surface area contributed by atoms with E-state index in [9.17, 15) is 8.78 Å². The molecule has 0 fully saturated rings. The molecule has 0 bridgehead atoms. The SMILES string of the molecule is CC1(C)c2ccccc2-c2ccc(-c3c4ccccc4c(-c4cc(F)cc(F)c4)c4ccccc34)cc21. The highest BCUT2D eigenvalue weighted by atomic mass is 19.1. The molecule has 1 aliphatic carbocycles. The van der Waals surface area contributed by atoms with Crippen LogP contribution in [0.15, 0.2) is 109 Å². The van der Waals surface area contributed by atoms with Gasteiger partial charge in [-0.25, -0.2) is 8.78 Å². The number of benzene rings is 6. The Labute approximate surface area is 214 Å². The Morgan fingerprint density at radius 3 is 1.54 bits per heavy atom. The van der Waals surface area contributed by atoms with Crippen LogP contribution in [-0.4, -0.2) is 0 Å². The van der Waals surface area contributed by atoms with Gasteiger partial charge in [-0.3, -0.25) is 0 Å². The van der Waals surface area contributed by atoms with Gasteiger partial charge in [0.2, 0.25) is 0 Å². The summed E-state index contributed by atoms with van der Waals surface area (Å²) in [6.07, 6.45) is 0. The van der Waals surface area contributed by atoms with E-state index in [1.807, 2.05) is 24.3 Å². The van der Waals surface area contributed by atoms with Crippen molar-refractivity contribution in [2.75, 3.05) is 0 Å². The summed E-state index contributed by atoms with van der Waals surface area (Å²) in [6.45, 7) is 4.58. The van der Waals surface area contributed by atoms with E-state index in [4.69, 9.17) is 0 Å². The molecule has 0 N–H and O–H groups in total. The van der Waals surface area contributed by atoms with Crippen LogP contribution >= 0.6 is 0 Å². The van der Waals surface area contributed by atoms with Crippen molar-refractivity contribution in [3.05, 3.63) is 132 Å². The van der Waals surface area contributed by atoms with Crippen LogP contribution in [0.25, 0.3) is 54.9 Å².